The van der Waals surface area contributed by atoms with E-state index < -0.39 is 9.84 Å². The molecule has 0 radical (unpaired) electrons. The van der Waals surface area contributed by atoms with E-state index in [1.807, 2.05) is 29.2 Å². The van der Waals surface area contributed by atoms with Gasteiger partial charge in [-0.3, -0.25) is 0 Å². The predicted molar refractivity (Wildman–Crippen MR) is 119 cm³/mol. The molecule has 7 heteroatoms. The standard InChI is InChI=1S/C23H27N3O3S/c1-30(28,29)16-18-8-6-17(7-9-18)15-24-23(27)26-12-10-19(11-13-26)22-14-20-4-2-3-5-21(20)25-22/h2-9,14,19,25H,10-13,15-16H2,1H3,(H,24,27). The highest BCUT2D eigenvalue weighted by molar-refractivity contribution is 7.89. The molecule has 0 unspecified atom stereocenters. The maximum Gasteiger partial charge on any atom is 0.317 e. The van der Waals surface area contributed by atoms with Crippen molar-refractivity contribution in [1.82, 2.24) is 15.2 Å². The van der Waals surface area contributed by atoms with Crippen LogP contribution in [0.15, 0.2) is 54.6 Å². The van der Waals surface area contributed by atoms with Gasteiger partial charge < -0.3 is 15.2 Å². The summed E-state index contributed by atoms with van der Waals surface area (Å²) in [6.45, 7) is 1.90. The quantitative estimate of drug-likeness (QED) is 0.652. The summed E-state index contributed by atoms with van der Waals surface area (Å²) in [5.41, 5.74) is 4.13. The number of rotatable bonds is 5. The van der Waals surface area contributed by atoms with Gasteiger partial charge in [-0.2, -0.15) is 0 Å². The number of hydrogen-bond donors (Lipinski definition) is 2. The third-order valence-corrected chi connectivity index (χ3v) is 6.53. The molecular weight excluding hydrogens is 398 g/mol. The zero-order valence-electron chi connectivity index (χ0n) is 17.1. The number of carbonyl (C=O) groups is 1. The molecule has 2 aromatic carbocycles. The molecule has 1 saturated heterocycles. The van der Waals surface area contributed by atoms with Gasteiger partial charge >= 0.3 is 6.03 Å². The zero-order chi connectivity index (χ0) is 21.1. The number of benzene rings is 2. The highest BCUT2D eigenvalue weighted by atomic mass is 32.2. The monoisotopic (exact) mass is 425 g/mol. The Morgan fingerprint density at radius 2 is 1.73 bits per heavy atom. The molecule has 3 aromatic rings. The third-order valence-electron chi connectivity index (χ3n) is 5.67. The van der Waals surface area contributed by atoms with E-state index in [9.17, 15) is 13.2 Å². The second kappa shape index (κ2) is 8.52. The van der Waals surface area contributed by atoms with Crippen LogP contribution in [-0.2, 0) is 22.1 Å². The number of sulfone groups is 1. The summed E-state index contributed by atoms with van der Waals surface area (Å²) in [6, 6.07) is 17.8. The van der Waals surface area contributed by atoms with Crippen molar-refractivity contribution >= 4 is 26.8 Å². The van der Waals surface area contributed by atoms with Crippen LogP contribution in [0, 0.1) is 0 Å². The number of aromatic nitrogens is 1. The normalized spacial score (nSPS) is 15.4. The van der Waals surface area contributed by atoms with E-state index in [1.165, 1.54) is 17.3 Å². The van der Waals surface area contributed by atoms with Gasteiger partial charge in [-0.1, -0.05) is 42.5 Å². The second-order valence-corrected chi connectivity index (χ2v) is 10.3. The Bertz CT molecular complexity index is 1090. The average Bonchev–Trinajstić information content (AvgIpc) is 3.16. The van der Waals surface area contributed by atoms with Crippen molar-refractivity contribution in [2.45, 2.75) is 31.1 Å². The first-order valence-electron chi connectivity index (χ1n) is 10.2. The molecule has 1 aliphatic rings. The molecule has 1 aromatic heterocycles. The largest absolute Gasteiger partial charge is 0.358 e. The number of urea groups is 1. The Balaban J connectivity index is 1.27. The average molecular weight is 426 g/mol. The highest BCUT2D eigenvalue weighted by Crippen LogP contribution is 2.29. The zero-order valence-corrected chi connectivity index (χ0v) is 17.9. The van der Waals surface area contributed by atoms with E-state index in [2.05, 4.69) is 28.5 Å². The van der Waals surface area contributed by atoms with Crippen molar-refractivity contribution in [2.75, 3.05) is 19.3 Å². The predicted octanol–water partition coefficient (Wildman–Crippen LogP) is 3.80. The Labute approximate surface area is 177 Å². The fraction of sp³-hybridized carbons (Fsp3) is 0.348. The molecule has 0 spiro atoms. The summed E-state index contributed by atoms with van der Waals surface area (Å²) in [4.78, 5) is 17.9. The van der Waals surface area contributed by atoms with Crippen LogP contribution in [-0.4, -0.2) is 43.7 Å². The Morgan fingerprint density at radius 1 is 1.07 bits per heavy atom. The number of nitrogens with zero attached hydrogens (tertiary/aromatic N) is 1. The summed E-state index contributed by atoms with van der Waals surface area (Å²) in [5, 5.41) is 4.21. The highest BCUT2D eigenvalue weighted by Gasteiger charge is 2.24. The molecule has 0 atom stereocenters. The molecule has 1 aliphatic heterocycles. The van der Waals surface area contributed by atoms with Crippen LogP contribution < -0.4 is 5.32 Å². The van der Waals surface area contributed by atoms with Crippen LogP contribution in [0.1, 0.15) is 35.6 Å². The van der Waals surface area contributed by atoms with Crippen molar-refractivity contribution in [3.05, 3.63) is 71.4 Å². The van der Waals surface area contributed by atoms with Gasteiger partial charge in [0.15, 0.2) is 9.84 Å². The van der Waals surface area contributed by atoms with Crippen LogP contribution in [0.2, 0.25) is 0 Å². The van der Waals surface area contributed by atoms with Crippen molar-refractivity contribution < 1.29 is 13.2 Å². The number of carbonyl (C=O) groups excluding carboxylic acids is 1. The van der Waals surface area contributed by atoms with Gasteiger partial charge in [-0.05, 0) is 41.5 Å². The fourth-order valence-corrected chi connectivity index (χ4v) is 4.85. The molecule has 2 heterocycles. The molecule has 158 valence electrons. The molecular formula is C23H27N3O3S. The van der Waals surface area contributed by atoms with Gasteiger partial charge in [-0.25, -0.2) is 13.2 Å². The third kappa shape index (κ3) is 5.02. The van der Waals surface area contributed by atoms with E-state index in [0.29, 0.717) is 12.5 Å². The number of aromatic amines is 1. The number of piperidine rings is 1. The molecule has 0 saturated carbocycles. The molecule has 0 bridgehead atoms. The number of H-pyrrole nitrogens is 1. The minimum atomic E-state index is -3.04. The van der Waals surface area contributed by atoms with Gasteiger partial charge in [0, 0.05) is 43.0 Å². The summed E-state index contributed by atoms with van der Waals surface area (Å²) < 4.78 is 22.7. The lowest BCUT2D eigenvalue weighted by atomic mass is 9.94. The minimum Gasteiger partial charge on any atom is -0.358 e. The van der Waals surface area contributed by atoms with Crippen LogP contribution in [0.25, 0.3) is 10.9 Å². The second-order valence-electron chi connectivity index (χ2n) is 8.12. The molecule has 2 N–H and O–H groups in total. The first-order chi connectivity index (χ1) is 14.4. The summed E-state index contributed by atoms with van der Waals surface area (Å²) >= 11 is 0. The lowest BCUT2D eigenvalue weighted by Gasteiger charge is -2.31. The maximum absolute atomic E-state index is 12.5. The molecule has 1 fully saturated rings. The summed E-state index contributed by atoms with van der Waals surface area (Å²) in [6.07, 6.45) is 3.11. The number of amides is 2. The summed E-state index contributed by atoms with van der Waals surface area (Å²) in [7, 11) is -3.04. The number of para-hydroxylation sites is 1. The van der Waals surface area contributed by atoms with Gasteiger partial charge in [0.25, 0.3) is 0 Å². The van der Waals surface area contributed by atoms with Crippen molar-refractivity contribution in [3.8, 4) is 0 Å². The number of fused-ring (bicyclic) bond motifs is 1. The topological polar surface area (TPSA) is 82.3 Å². The van der Waals surface area contributed by atoms with Crippen LogP contribution in [0.3, 0.4) is 0 Å². The van der Waals surface area contributed by atoms with E-state index in [0.717, 1.165) is 42.6 Å². The number of nitrogens with one attached hydrogen (secondary N) is 2. The Kier molecular flexibility index (Phi) is 5.81. The van der Waals surface area contributed by atoms with Crippen LogP contribution in [0.5, 0.6) is 0 Å². The first kappa shape index (κ1) is 20.5. The molecule has 30 heavy (non-hydrogen) atoms. The molecule has 4 rings (SSSR count). The van der Waals surface area contributed by atoms with Gasteiger partial charge in [0.05, 0.1) is 5.75 Å². The SMILES string of the molecule is CS(=O)(=O)Cc1ccc(CNC(=O)N2CCC(c3cc4ccccc4[nH]3)CC2)cc1. The van der Waals surface area contributed by atoms with Crippen LogP contribution in [0.4, 0.5) is 4.79 Å². The Hall–Kier alpha value is -2.80. The number of likely N-dealkylation sites (tertiary alicyclic amines) is 1. The Morgan fingerprint density at radius 3 is 2.40 bits per heavy atom. The van der Waals surface area contributed by atoms with Crippen molar-refractivity contribution in [1.29, 1.82) is 0 Å². The van der Waals surface area contributed by atoms with Gasteiger partial charge in [0.1, 0.15) is 0 Å². The van der Waals surface area contributed by atoms with Crippen LogP contribution >= 0.6 is 0 Å². The molecule has 0 aliphatic carbocycles. The smallest absolute Gasteiger partial charge is 0.317 e. The number of hydrogen-bond acceptors (Lipinski definition) is 3. The van der Waals surface area contributed by atoms with E-state index in [-0.39, 0.29) is 11.8 Å². The molecule has 2 amide bonds. The first-order valence-corrected chi connectivity index (χ1v) is 12.3. The fourth-order valence-electron chi connectivity index (χ4n) is 4.05. The van der Waals surface area contributed by atoms with E-state index in [4.69, 9.17) is 0 Å². The van der Waals surface area contributed by atoms with E-state index >= 15 is 0 Å². The van der Waals surface area contributed by atoms with E-state index in [1.54, 1.807) is 12.1 Å². The van der Waals surface area contributed by atoms with Crippen molar-refractivity contribution in [2.24, 2.45) is 0 Å². The van der Waals surface area contributed by atoms with Gasteiger partial charge in [-0.15, -0.1) is 0 Å². The maximum atomic E-state index is 12.5. The summed E-state index contributed by atoms with van der Waals surface area (Å²) in [5.74, 6) is 0.481. The lowest BCUT2D eigenvalue weighted by molar-refractivity contribution is 0.180. The van der Waals surface area contributed by atoms with Gasteiger partial charge in [0.2, 0.25) is 0 Å². The van der Waals surface area contributed by atoms with Crippen molar-refractivity contribution in [3.63, 3.8) is 0 Å². The lowest BCUT2D eigenvalue weighted by Crippen LogP contribution is -2.43. The minimum absolute atomic E-state index is 0.0327. The molecule has 6 nitrogen and oxygen atoms in total.